The molecule has 0 radical (unpaired) electrons. The summed E-state index contributed by atoms with van der Waals surface area (Å²) in [4.78, 5) is 0. The normalized spacial score (nSPS) is 23.9. The average Bonchev–Trinajstić information content (AvgIpc) is 3.17. The van der Waals surface area contributed by atoms with Crippen molar-refractivity contribution in [3.8, 4) is 5.75 Å². The Morgan fingerprint density at radius 3 is 2.20 bits per heavy atom. The molecule has 108 valence electrons. The van der Waals surface area contributed by atoms with Crippen LogP contribution in [0.3, 0.4) is 0 Å². The van der Waals surface area contributed by atoms with Crippen LogP contribution < -0.4 is 10.2 Å². The van der Waals surface area contributed by atoms with Gasteiger partial charge in [-0.25, -0.2) is 0 Å². The van der Waals surface area contributed by atoms with Crippen LogP contribution >= 0.6 is 0 Å². The highest BCUT2D eigenvalue weighted by molar-refractivity contribution is 6.62. The molecule has 1 aliphatic carbocycles. The standard InChI is InChI=1S/C16H23BO3/c1-15(2)16(3,4)20-17(19-15)14-9-8-12(18-5)10-13(14)11-6-7-11/h8-11H,6-7H2,1-5H3. The maximum absolute atomic E-state index is 6.18. The van der Waals surface area contributed by atoms with Gasteiger partial charge in [0.15, 0.2) is 0 Å². The third kappa shape index (κ3) is 2.25. The molecule has 1 saturated carbocycles. The molecule has 1 aromatic rings. The Morgan fingerprint density at radius 1 is 1.10 bits per heavy atom. The minimum absolute atomic E-state index is 0.276. The smallest absolute Gasteiger partial charge is 0.495 e. The number of rotatable bonds is 3. The Labute approximate surface area is 121 Å². The first-order valence-corrected chi connectivity index (χ1v) is 7.37. The van der Waals surface area contributed by atoms with Crippen molar-refractivity contribution in [2.75, 3.05) is 7.11 Å². The number of methoxy groups -OCH3 is 1. The summed E-state index contributed by atoms with van der Waals surface area (Å²) in [7, 11) is 1.43. The van der Waals surface area contributed by atoms with Crippen LogP contribution in [0.4, 0.5) is 0 Å². The SMILES string of the molecule is COc1ccc(B2OC(C)(C)C(C)(C)O2)c(C2CC2)c1. The fourth-order valence-corrected chi connectivity index (χ4v) is 2.61. The van der Waals surface area contributed by atoms with Gasteiger partial charge in [0.1, 0.15) is 5.75 Å². The van der Waals surface area contributed by atoms with Gasteiger partial charge in [-0.1, -0.05) is 6.07 Å². The molecule has 20 heavy (non-hydrogen) atoms. The second kappa shape index (κ2) is 4.50. The van der Waals surface area contributed by atoms with Gasteiger partial charge in [0, 0.05) is 0 Å². The first-order valence-electron chi connectivity index (χ1n) is 7.37. The van der Waals surface area contributed by atoms with E-state index in [1.807, 2.05) is 6.07 Å². The Balaban J connectivity index is 1.95. The lowest BCUT2D eigenvalue weighted by molar-refractivity contribution is 0.00578. The van der Waals surface area contributed by atoms with E-state index in [9.17, 15) is 0 Å². The number of benzene rings is 1. The molecule has 3 rings (SSSR count). The zero-order valence-electron chi connectivity index (χ0n) is 13.0. The maximum Gasteiger partial charge on any atom is 0.495 e. The lowest BCUT2D eigenvalue weighted by Crippen LogP contribution is -2.41. The summed E-state index contributed by atoms with van der Waals surface area (Å²) in [5, 5.41) is 0. The number of hydrogen-bond acceptors (Lipinski definition) is 3. The van der Waals surface area contributed by atoms with E-state index in [2.05, 4.69) is 39.8 Å². The van der Waals surface area contributed by atoms with Gasteiger partial charge in [-0.15, -0.1) is 0 Å². The van der Waals surface area contributed by atoms with Gasteiger partial charge in [-0.05, 0) is 69.6 Å². The van der Waals surface area contributed by atoms with E-state index in [4.69, 9.17) is 14.0 Å². The summed E-state index contributed by atoms with van der Waals surface area (Å²) >= 11 is 0. The first kappa shape index (κ1) is 14.0. The van der Waals surface area contributed by atoms with E-state index in [1.165, 1.54) is 18.4 Å². The second-order valence-corrected chi connectivity index (χ2v) is 6.86. The first-order chi connectivity index (χ1) is 9.34. The van der Waals surface area contributed by atoms with Crippen LogP contribution in [0.1, 0.15) is 52.0 Å². The Hall–Kier alpha value is -0.995. The van der Waals surface area contributed by atoms with Gasteiger partial charge in [0.05, 0.1) is 18.3 Å². The topological polar surface area (TPSA) is 27.7 Å². The summed E-state index contributed by atoms with van der Waals surface area (Å²) < 4.78 is 17.7. The minimum Gasteiger partial charge on any atom is -0.497 e. The Morgan fingerprint density at radius 2 is 1.70 bits per heavy atom. The lowest BCUT2D eigenvalue weighted by Gasteiger charge is -2.32. The fraction of sp³-hybridized carbons (Fsp3) is 0.625. The molecule has 3 nitrogen and oxygen atoms in total. The molecular weight excluding hydrogens is 251 g/mol. The molecule has 1 heterocycles. The molecule has 0 aromatic heterocycles. The number of ether oxygens (including phenoxy) is 1. The molecule has 0 bridgehead atoms. The molecule has 1 saturated heterocycles. The highest BCUT2D eigenvalue weighted by Gasteiger charge is 2.52. The molecule has 0 amide bonds. The monoisotopic (exact) mass is 274 g/mol. The van der Waals surface area contributed by atoms with Gasteiger partial charge >= 0.3 is 7.12 Å². The summed E-state index contributed by atoms with van der Waals surface area (Å²) in [5.74, 6) is 1.55. The Kier molecular flexibility index (Phi) is 3.14. The summed E-state index contributed by atoms with van der Waals surface area (Å²) in [6.45, 7) is 8.36. The molecule has 1 aromatic carbocycles. The molecule has 2 aliphatic rings. The molecule has 2 fully saturated rings. The third-order valence-electron chi connectivity index (χ3n) is 4.82. The maximum atomic E-state index is 6.18. The second-order valence-electron chi connectivity index (χ2n) is 6.86. The van der Waals surface area contributed by atoms with Crippen molar-refractivity contribution in [1.29, 1.82) is 0 Å². The van der Waals surface area contributed by atoms with Gasteiger partial charge in [0.25, 0.3) is 0 Å². The van der Waals surface area contributed by atoms with Crippen molar-refractivity contribution in [3.05, 3.63) is 23.8 Å². The van der Waals surface area contributed by atoms with Crippen LogP contribution in [0.2, 0.25) is 0 Å². The quantitative estimate of drug-likeness (QED) is 0.793. The molecule has 4 heteroatoms. The minimum atomic E-state index is -0.293. The van der Waals surface area contributed by atoms with E-state index in [-0.39, 0.29) is 18.3 Å². The zero-order chi connectivity index (χ0) is 14.5. The molecular formula is C16H23BO3. The van der Waals surface area contributed by atoms with Crippen LogP contribution in [0.15, 0.2) is 18.2 Å². The average molecular weight is 274 g/mol. The lowest BCUT2D eigenvalue weighted by atomic mass is 9.75. The molecule has 0 unspecified atom stereocenters. The highest BCUT2D eigenvalue weighted by atomic mass is 16.7. The number of hydrogen-bond donors (Lipinski definition) is 0. The summed E-state index contributed by atoms with van der Waals surface area (Å²) in [6, 6.07) is 6.22. The van der Waals surface area contributed by atoms with Crippen LogP contribution in [0.5, 0.6) is 5.75 Å². The van der Waals surface area contributed by atoms with Crippen LogP contribution in [-0.4, -0.2) is 25.4 Å². The van der Waals surface area contributed by atoms with Crippen LogP contribution in [0.25, 0.3) is 0 Å². The van der Waals surface area contributed by atoms with Gasteiger partial charge < -0.3 is 14.0 Å². The van der Waals surface area contributed by atoms with Gasteiger partial charge in [-0.3, -0.25) is 0 Å². The predicted octanol–water partition coefficient (Wildman–Crippen LogP) is 2.87. The van der Waals surface area contributed by atoms with E-state index in [0.717, 1.165) is 11.2 Å². The van der Waals surface area contributed by atoms with Crippen LogP contribution in [-0.2, 0) is 9.31 Å². The van der Waals surface area contributed by atoms with E-state index in [0.29, 0.717) is 5.92 Å². The zero-order valence-corrected chi connectivity index (χ0v) is 13.0. The van der Waals surface area contributed by atoms with Crippen LogP contribution in [0, 0.1) is 0 Å². The van der Waals surface area contributed by atoms with Crippen molar-refractivity contribution in [1.82, 2.24) is 0 Å². The molecule has 0 spiro atoms. The van der Waals surface area contributed by atoms with Crippen molar-refractivity contribution < 1.29 is 14.0 Å². The van der Waals surface area contributed by atoms with Crippen molar-refractivity contribution in [2.24, 2.45) is 0 Å². The van der Waals surface area contributed by atoms with Gasteiger partial charge in [-0.2, -0.15) is 0 Å². The van der Waals surface area contributed by atoms with E-state index < -0.39 is 0 Å². The molecule has 0 N–H and O–H groups in total. The third-order valence-corrected chi connectivity index (χ3v) is 4.82. The molecule has 0 atom stereocenters. The highest BCUT2D eigenvalue weighted by Crippen LogP contribution is 2.42. The van der Waals surface area contributed by atoms with Crippen molar-refractivity contribution in [3.63, 3.8) is 0 Å². The van der Waals surface area contributed by atoms with E-state index in [1.54, 1.807) is 7.11 Å². The predicted molar refractivity (Wildman–Crippen MR) is 80.7 cm³/mol. The van der Waals surface area contributed by atoms with Crippen molar-refractivity contribution in [2.45, 2.75) is 57.7 Å². The fourth-order valence-electron chi connectivity index (χ4n) is 2.61. The summed E-state index contributed by atoms with van der Waals surface area (Å²) in [6.07, 6.45) is 2.50. The van der Waals surface area contributed by atoms with Crippen molar-refractivity contribution >= 4 is 12.6 Å². The Bertz CT molecular complexity index is 504. The molecule has 1 aliphatic heterocycles. The van der Waals surface area contributed by atoms with E-state index >= 15 is 0 Å². The van der Waals surface area contributed by atoms with Gasteiger partial charge in [0.2, 0.25) is 0 Å². The summed E-state index contributed by atoms with van der Waals surface area (Å²) in [5.41, 5.74) is 1.89. The largest absolute Gasteiger partial charge is 0.497 e.